The predicted molar refractivity (Wildman–Crippen MR) is 110 cm³/mol. The molecule has 2 aromatic rings. The van der Waals surface area contributed by atoms with Gasteiger partial charge in [-0.2, -0.15) is 18.4 Å². The summed E-state index contributed by atoms with van der Waals surface area (Å²) in [5.41, 5.74) is -0.541. The standard InChI is InChI=1S/C23H23F3N2O2/c1-2-3-4-5-13-30-21-11-9-17(10-12-21)14-18(16-27)22(29)28-20-8-6-7-19(15-20)23(24,25)26/h6-12,14-15H,2-5,13H2,1H3,(H,28,29)/b18-14+. The van der Waals surface area contributed by atoms with E-state index in [0.717, 1.165) is 31.4 Å². The van der Waals surface area contributed by atoms with E-state index in [9.17, 15) is 23.2 Å². The van der Waals surface area contributed by atoms with Crippen molar-refractivity contribution in [3.05, 3.63) is 65.2 Å². The molecule has 0 saturated carbocycles. The van der Waals surface area contributed by atoms with Gasteiger partial charge in [-0.05, 0) is 48.4 Å². The number of nitrogens with zero attached hydrogens (tertiary/aromatic N) is 1. The fourth-order valence-corrected chi connectivity index (χ4v) is 2.67. The third-order valence-electron chi connectivity index (χ3n) is 4.27. The molecule has 4 nitrogen and oxygen atoms in total. The number of carbonyl (C=O) groups excluding carboxylic acids is 1. The Bertz CT molecular complexity index is 913. The second-order valence-electron chi connectivity index (χ2n) is 6.68. The third kappa shape index (κ3) is 7.28. The van der Waals surface area contributed by atoms with Crippen LogP contribution in [0.4, 0.5) is 18.9 Å². The Kier molecular flexibility index (Phi) is 8.48. The van der Waals surface area contributed by atoms with Crippen LogP contribution in [0.5, 0.6) is 5.75 Å². The molecule has 158 valence electrons. The number of nitrogens with one attached hydrogen (secondary N) is 1. The van der Waals surface area contributed by atoms with Crippen LogP contribution in [0.25, 0.3) is 6.08 Å². The Morgan fingerprint density at radius 1 is 1.13 bits per heavy atom. The number of nitriles is 1. The van der Waals surface area contributed by atoms with Crippen LogP contribution in [0.3, 0.4) is 0 Å². The smallest absolute Gasteiger partial charge is 0.416 e. The SMILES string of the molecule is CCCCCCOc1ccc(/C=C(\C#N)C(=O)Nc2cccc(C(F)(F)F)c2)cc1. The number of amides is 1. The molecule has 7 heteroatoms. The maximum absolute atomic E-state index is 12.8. The van der Waals surface area contributed by atoms with Crippen LogP contribution in [0.2, 0.25) is 0 Å². The quantitative estimate of drug-likeness (QED) is 0.300. The molecule has 0 atom stereocenters. The average molecular weight is 416 g/mol. The van der Waals surface area contributed by atoms with Gasteiger partial charge in [0.15, 0.2) is 0 Å². The molecular weight excluding hydrogens is 393 g/mol. The molecule has 0 radical (unpaired) electrons. The average Bonchev–Trinajstić information content (AvgIpc) is 2.72. The van der Waals surface area contributed by atoms with Crippen LogP contribution in [-0.4, -0.2) is 12.5 Å². The van der Waals surface area contributed by atoms with Crippen LogP contribution in [0.1, 0.15) is 43.7 Å². The summed E-state index contributed by atoms with van der Waals surface area (Å²) in [5.74, 6) is -0.0938. The van der Waals surface area contributed by atoms with E-state index in [4.69, 9.17) is 4.74 Å². The van der Waals surface area contributed by atoms with Gasteiger partial charge >= 0.3 is 6.18 Å². The molecule has 2 aromatic carbocycles. The number of rotatable bonds is 9. The number of hydrogen-bond acceptors (Lipinski definition) is 3. The fourth-order valence-electron chi connectivity index (χ4n) is 2.67. The Labute approximate surface area is 174 Å². The van der Waals surface area contributed by atoms with E-state index in [0.29, 0.717) is 17.9 Å². The van der Waals surface area contributed by atoms with Crippen molar-refractivity contribution in [1.29, 1.82) is 5.26 Å². The zero-order chi connectivity index (χ0) is 22.0. The van der Waals surface area contributed by atoms with E-state index in [1.165, 1.54) is 24.6 Å². The van der Waals surface area contributed by atoms with Gasteiger partial charge in [-0.15, -0.1) is 0 Å². The molecule has 0 fully saturated rings. The van der Waals surface area contributed by atoms with Crippen LogP contribution < -0.4 is 10.1 Å². The third-order valence-corrected chi connectivity index (χ3v) is 4.27. The van der Waals surface area contributed by atoms with Crippen molar-refractivity contribution in [1.82, 2.24) is 0 Å². The van der Waals surface area contributed by atoms with Crippen LogP contribution in [0.15, 0.2) is 54.1 Å². The summed E-state index contributed by atoms with van der Waals surface area (Å²) in [4.78, 5) is 12.3. The number of carbonyl (C=O) groups is 1. The van der Waals surface area contributed by atoms with Crippen LogP contribution in [0, 0.1) is 11.3 Å². The molecule has 0 aromatic heterocycles. The molecule has 0 spiro atoms. The highest BCUT2D eigenvalue weighted by Crippen LogP contribution is 2.30. The summed E-state index contributed by atoms with van der Waals surface area (Å²) in [6.07, 6.45) is 1.27. The first kappa shape index (κ1) is 23.0. The highest BCUT2D eigenvalue weighted by molar-refractivity contribution is 6.09. The largest absolute Gasteiger partial charge is 0.494 e. The van der Waals surface area contributed by atoms with Crippen molar-refractivity contribution in [2.45, 2.75) is 38.8 Å². The minimum absolute atomic E-state index is 0.0391. The Morgan fingerprint density at radius 3 is 2.50 bits per heavy atom. The van der Waals surface area contributed by atoms with Crippen LogP contribution >= 0.6 is 0 Å². The maximum Gasteiger partial charge on any atom is 0.416 e. The van der Waals surface area contributed by atoms with Gasteiger partial charge in [0, 0.05) is 5.69 Å². The minimum Gasteiger partial charge on any atom is -0.494 e. The number of ether oxygens (including phenoxy) is 1. The molecule has 1 N–H and O–H groups in total. The Balaban J connectivity index is 2.01. The number of hydrogen-bond donors (Lipinski definition) is 1. The lowest BCUT2D eigenvalue weighted by molar-refractivity contribution is -0.137. The Hall–Kier alpha value is -3.27. The molecule has 0 aliphatic heterocycles. The first-order chi connectivity index (χ1) is 14.3. The first-order valence-corrected chi connectivity index (χ1v) is 9.66. The zero-order valence-electron chi connectivity index (χ0n) is 16.6. The lowest BCUT2D eigenvalue weighted by atomic mass is 10.1. The maximum atomic E-state index is 12.8. The number of anilines is 1. The molecule has 30 heavy (non-hydrogen) atoms. The first-order valence-electron chi connectivity index (χ1n) is 9.66. The predicted octanol–water partition coefficient (Wildman–Crippen LogP) is 6.21. The summed E-state index contributed by atoms with van der Waals surface area (Å²) in [6, 6.07) is 12.9. The molecule has 0 saturated heterocycles. The molecule has 0 bridgehead atoms. The normalized spacial score (nSPS) is 11.6. The lowest BCUT2D eigenvalue weighted by Gasteiger charge is -2.09. The molecule has 0 aliphatic carbocycles. The van der Waals surface area contributed by atoms with Gasteiger partial charge < -0.3 is 10.1 Å². The van der Waals surface area contributed by atoms with E-state index in [2.05, 4.69) is 12.2 Å². The molecule has 0 unspecified atom stereocenters. The summed E-state index contributed by atoms with van der Waals surface area (Å²) >= 11 is 0. The summed E-state index contributed by atoms with van der Waals surface area (Å²) in [5, 5.41) is 11.6. The molecule has 2 rings (SSSR count). The van der Waals surface area contributed by atoms with E-state index < -0.39 is 17.6 Å². The van der Waals surface area contributed by atoms with E-state index in [1.54, 1.807) is 30.3 Å². The van der Waals surface area contributed by atoms with E-state index >= 15 is 0 Å². The highest BCUT2D eigenvalue weighted by Gasteiger charge is 2.30. The number of unbranched alkanes of at least 4 members (excludes halogenated alkanes) is 3. The second-order valence-corrected chi connectivity index (χ2v) is 6.68. The van der Waals surface area contributed by atoms with Crippen molar-refractivity contribution >= 4 is 17.7 Å². The topological polar surface area (TPSA) is 62.1 Å². The van der Waals surface area contributed by atoms with Gasteiger partial charge in [-0.25, -0.2) is 0 Å². The summed E-state index contributed by atoms with van der Waals surface area (Å²) in [7, 11) is 0. The number of halogens is 3. The molecule has 0 heterocycles. The van der Waals surface area contributed by atoms with E-state index in [-0.39, 0.29) is 11.3 Å². The highest BCUT2D eigenvalue weighted by atomic mass is 19.4. The van der Waals surface area contributed by atoms with Crippen LogP contribution in [-0.2, 0) is 11.0 Å². The van der Waals surface area contributed by atoms with Gasteiger partial charge in [0.1, 0.15) is 17.4 Å². The number of alkyl halides is 3. The Morgan fingerprint density at radius 2 is 1.87 bits per heavy atom. The van der Waals surface area contributed by atoms with Crippen molar-refractivity contribution < 1.29 is 22.7 Å². The van der Waals surface area contributed by atoms with Crippen molar-refractivity contribution in [2.75, 3.05) is 11.9 Å². The summed E-state index contributed by atoms with van der Waals surface area (Å²) in [6.45, 7) is 2.76. The van der Waals surface area contributed by atoms with Gasteiger partial charge in [0.05, 0.1) is 12.2 Å². The van der Waals surface area contributed by atoms with Gasteiger partial charge in [0.25, 0.3) is 5.91 Å². The van der Waals surface area contributed by atoms with Crippen molar-refractivity contribution in [3.63, 3.8) is 0 Å². The molecule has 1 amide bonds. The minimum atomic E-state index is -4.52. The fraction of sp³-hybridized carbons (Fsp3) is 0.304. The van der Waals surface area contributed by atoms with Gasteiger partial charge in [0.2, 0.25) is 0 Å². The summed E-state index contributed by atoms with van der Waals surface area (Å²) < 4.78 is 44.0. The van der Waals surface area contributed by atoms with Gasteiger partial charge in [-0.1, -0.05) is 44.4 Å². The van der Waals surface area contributed by atoms with Crippen molar-refractivity contribution in [3.8, 4) is 11.8 Å². The lowest BCUT2D eigenvalue weighted by Crippen LogP contribution is -2.14. The second kappa shape index (κ2) is 11.1. The van der Waals surface area contributed by atoms with Crippen molar-refractivity contribution in [2.24, 2.45) is 0 Å². The van der Waals surface area contributed by atoms with Gasteiger partial charge in [-0.3, -0.25) is 4.79 Å². The molecule has 0 aliphatic rings. The zero-order valence-corrected chi connectivity index (χ0v) is 16.6. The molecular formula is C23H23F3N2O2. The van der Waals surface area contributed by atoms with E-state index in [1.807, 2.05) is 0 Å². The number of benzene rings is 2. The monoisotopic (exact) mass is 416 g/mol.